The van der Waals surface area contributed by atoms with Gasteiger partial charge in [0.25, 0.3) is 0 Å². The van der Waals surface area contributed by atoms with Crippen molar-refractivity contribution in [3.63, 3.8) is 0 Å². The van der Waals surface area contributed by atoms with Gasteiger partial charge in [0, 0.05) is 0 Å². The smallest absolute Gasteiger partial charge is 0.00258 e. The quantitative estimate of drug-likeness (QED) is 0.266. The van der Waals surface area contributed by atoms with Gasteiger partial charge in [0.1, 0.15) is 0 Å². The zero-order valence-corrected chi connectivity index (χ0v) is 16.1. The van der Waals surface area contributed by atoms with Crippen LogP contribution in [0.25, 0.3) is 0 Å². The molecule has 0 radical (unpaired) electrons. The summed E-state index contributed by atoms with van der Waals surface area (Å²) in [4.78, 5) is 0. The summed E-state index contributed by atoms with van der Waals surface area (Å²) in [7, 11) is 0. The maximum Gasteiger partial charge on any atom is -0.00258 e. The molecule has 0 saturated heterocycles. The van der Waals surface area contributed by atoms with Gasteiger partial charge < -0.3 is 5.32 Å². The van der Waals surface area contributed by atoms with E-state index in [-0.39, 0.29) is 0 Å². The van der Waals surface area contributed by atoms with Crippen molar-refractivity contribution in [2.45, 2.75) is 117 Å². The molecule has 0 bridgehead atoms. The molecule has 0 heterocycles. The van der Waals surface area contributed by atoms with Crippen molar-refractivity contribution in [2.24, 2.45) is 5.92 Å². The first-order valence-electron chi connectivity index (χ1n) is 10.5. The Labute approximate surface area is 142 Å². The fourth-order valence-corrected chi connectivity index (χ4v) is 3.01. The van der Waals surface area contributed by atoms with Crippen LogP contribution in [-0.4, -0.2) is 13.1 Å². The van der Waals surface area contributed by atoms with Crippen LogP contribution in [0.15, 0.2) is 0 Å². The van der Waals surface area contributed by atoms with Gasteiger partial charge in [-0.1, -0.05) is 111 Å². The highest BCUT2D eigenvalue weighted by Crippen LogP contribution is 2.13. The van der Waals surface area contributed by atoms with Gasteiger partial charge in [-0.05, 0) is 25.4 Å². The van der Waals surface area contributed by atoms with Crippen molar-refractivity contribution in [1.82, 2.24) is 5.32 Å². The largest absolute Gasteiger partial charge is 0.316 e. The molecule has 0 aliphatic carbocycles. The zero-order valence-electron chi connectivity index (χ0n) is 16.1. The highest BCUT2D eigenvalue weighted by molar-refractivity contribution is 4.53. The Bertz CT molecular complexity index is 188. The van der Waals surface area contributed by atoms with Gasteiger partial charge in [-0.2, -0.15) is 0 Å². The molecule has 0 amide bonds. The molecule has 0 unspecified atom stereocenters. The Morgan fingerprint density at radius 1 is 0.545 bits per heavy atom. The van der Waals surface area contributed by atoms with Crippen LogP contribution in [0.5, 0.6) is 0 Å². The molecule has 0 rings (SSSR count). The third kappa shape index (κ3) is 20.0. The highest BCUT2D eigenvalue weighted by Gasteiger charge is 1.95. The molecule has 0 aromatic heterocycles. The Morgan fingerprint density at radius 2 is 0.909 bits per heavy atom. The second-order valence-electron chi connectivity index (χ2n) is 7.55. The molecule has 0 fully saturated rings. The molecule has 1 heteroatoms. The van der Waals surface area contributed by atoms with Crippen LogP contribution in [0.3, 0.4) is 0 Å². The normalized spacial score (nSPS) is 11.5. The molecule has 0 aliphatic rings. The van der Waals surface area contributed by atoms with Crippen LogP contribution in [-0.2, 0) is 0 Å². The lowest BCUT2D eigenvalue weighted by Gasteiger charge is -2.07. The van der Waals surface area contributed by atoms with Crippen molar-refractivity contribution >= 4 is 0 Å². The van der Waals surface area contributed by atoms with Gasteiger partial charge in [-0.15, -0.1) is 0 Å². The van der Waals surface area contributed by atoms with Gasteiger partial charge in [-0.25, -0.2) is 0 Å². The van der Waals surface area contributed by atoms with E-state index in [0.717, 1.165) is 5.92 Å². The van der Waals surface area contributed by atoms with Gasteiger partial charge in [0.15, 0.2) is 0 Å². The van der Waals surface area contributed by atoms with Gasteiger partial charge in [0.05, 0.1) is 0 Å². The Hall–Kier alpha value is -0.0400. The van der Waals surface area contributed by atoms with E-state index >= 15 is 0 Å². The topological polar surface area (TPSA) is 12.0 Å². The monoisotopic (exact) mass is 311 g/mol. The fraction of sp³-hybridized carbons (Fsp3) is 1.00. The third-order valence-electron chi connectivity index (χ3n) is 4.51. The van der Waals surface area contributed by atoms with Crippen molar-refractivity contribution in [2.75, 3.05) is 13.1 Å². The van der Waals surface area contributed by atoms with Crippen molar-refractivity contribution in [3.8, 4) is 0 Å². The van der Waals surface area contributed by atoms with Gasteiger partial charge in [0.2, 0.25) is 0 Å². The van der Waals surface area contributed by atoms with Crippen LogP contribution in [0, 0.1) is 5.92 Å². The van der Waals surface area contributed by atoms with E-state index in [1.54, 1.807) is 0 Å². The minimum Gasteiger partial charge on any atom is -0.316 e. The summed E-state index contributed by atoms with van der Waals surface area (Å²) >= 11 is 0. The second kappa shape index (κ2) is 19.0. The molecule has 0 spiro atoms. The van der Waals surface area contributed by atoms with Crippen LogP contribution in [0.2, 0.25) is 0 Å². The number of hydrogen-bond acceptors (Lipinski definition) is 1. The number of rotatable bonds is 18. The van der Waals surface area contributed by atoms with E-state index in [9.17, 15) is 0 Å². The highest BCUT2D eigenvalue weighted by atomic mass is 14.8. The summed E-state index contributed by atoms with van der Waals surface area (Å²) in [5.74, 6) is 0.788. The van der Waals surface area contributed by atoms with Crippen LogP contribution < -0.4 is 5.32 Å². The van der Waals surface area contributed by atoms with Gasteiger partial charge >= 0.3 is 0 Å². The average molecular weight is 312 g/mol. The first-order chi connectivity index (χ1) is 10.8. The standard InChI is InChI=1S/C21H45N/c1-4-5-6-7-8-9-10-11-12-13-14-15-16-17-18-19-22-20-21(2)3/h21-22H,4-20H2,1-3H3. The van der Waals surface area contributed by atoms with E-state index in [4.69, 9.17) is 0 Å². The van der Waals surface area contributed by atoms with E-state index in [1.807, 2.05) is 0 Å². The molecule has 0 aromatic rings. The third-order valence-corrected chi connectivity index (χ3v) is 4.51. The molecular weight excluding hydrogens is 266 g/mol. The van der Waals surface area contributed by atoms with Gasteiger partial charge in [-0.3, -0.25) is 0 Å². The number of nitrogens with one attached hydrogen (secondary N) is 1. The minimum absolute atomic E-state index is 0.788. The zero-order chi connectivity index (χ0) is 16.3. The van der Waals surface area contributed by atoms with Crippen LogP contribution in [0.4, 0.5) is 0 Å². The summed E-state index contributed by atoms with van der Waals surface area (Å²) in [6, 6.07) is 0. The lowest BCUT2D eigenvalue weighted by Crippen LogP contribution is -2.20. The molecule has 0 saturated carbocycles. The fourth-order valence-electron chi connectivity index (χ4n) is 3.01. The van der Waals surface area contributed by atoms with E-state index < -0.39 is 0 Å². The summed E-state index contributed by atoms with van der Waals surface area (Å²) in [6.45, 7) is 9.25. The molecule has 22 heavy (non-hydrogen) atoms. The maximum atomic E-state index is 3.53. The Morgan fingerprint density at radius 3 is 1.27 bits per heavy atom. The SMILES string of the molecule is CCCCCCCCCCCCCCCCCNCC(C)C. The summed E-state index contributed by atoms with van der Waals surface area (Å²) in [5.41, 5.74) is 0. The van der Waals surface area contributed by atoms with Crippen LogP contribution in [0.1, 0.15) is 117 Å². The Kier molecular flexibility index (Phi) is 19.0. The molecule has 1 N–H and O–H groups in total. The van der Waals surface area contributed by atoms with E-state index in [0.29, 0.717) is 0 Å². The lowest BCUT2D eigenvalue weighted by molar-refractivity contribution is 0.511. The van der Waals surface area contributed by atoms with Crippen molar-refractivity contribution in [3.05, 3.63) is 0 Å². The predicted molar refractivity (Wildman–Crippen MR) is 103 cm³/mol. The molecule has 1 nitrogen and oxygen atoms in total. The predicted octanol–water partition coefficient (Wildman–Crippen LogP) is 7.10. The van der Waals surface area contributed by atoms with E-state index in [2.05, 4.69) is 26.1 Å². The molecular formula is C21H45N. The number of hydrogen-bond donors (Lipinski definition) is 1. The molecule has 134 valence electrons. The molecule has 0 aromatic carbocycles. The maximum absolute atomic E-state index is 3.53. The summed E-state index contributed by atoms with van der Waals surface area (Å²) in [6.07, 6.45) is 21.8. The number of unbranched alkanes of at least 4 members (excludes halogenated alkanes) is 14. The van der Waals surface area contributed by atoms with E-state index in [1.165, 1.54) is 109 Å². The first kappa shape index (κ1) is 22.0. The molecule has 0 aliphatic heterocycles. The Balaban J connectivity index is 2.94. The molecule has 0 atom stereocenters. The average Bonchev–Trinajstić information content (AvgIpc) is 2.50. The van der Waals surface area contributed by atoms with Crippen molar-refractivity contribution < 1.29 is 0 Å². The first-order valence-corrected chi connectivity index (χ1v) is 10.5. The minimum atomic E-state index is 0.788. The summed E-state index contributed by atoms with van der Waals surface area (Å²) < 4.78 is 0. The second-order valence-corrected chi connectivity index (χ2v) is 7.55. The summed E-state index contributed by atoms with van der Waals surface area (Å²) in [5, 5.41) is 3.53. The van der Waals surface area contributed by atoms with Crippen molar-refractivity contribution in [1.29, 1.82) is 0 Å². The van der Waals surface area contributed by atoms with Crippen LogP contribution >= 0.6 is 0 Å². The lowest BCUT2D eigenvalue weighted by atomic mass is 10.0.